The van der Waals surface area contributed by atoms with E-state index in [-0.39, 0.29) is 16.9 Å². The zero-order valence-corrected chi connectivity index (χ0v) is 13.0. The minimum Gasteiger partial charge on any atom is -0.251 e. The Balaban J connectivity index is 1.93. The molecule has 0 aromatic rings. The summed E-state index contributed by atoms with van der Waals surface area (Å²) in [5.41, 5.74) is 0.237. The highest BCUT2D eigenvalue weighted by molar-refractivity contribution is 5.09. The molecule has 0 amide bonds. The first-order chi connectivity index (χ1) is 8.91. The van der Waals surface area contributed by atoms with Crippen LogP contribution in [0.4, 0.5) is 0 Å². The van der Waals surface area contributed by atoms with Crippen LogP contribution in [0.1, 0.15) is 66.2 Å². The molecule has 0 saturated heterocycles. The van der Waals surface area contributed by atoms with Gasteiger partial charge in [0.2, 0.25) is 0 Å². The lowest BCUT2D eigenvalue weighted by atomic mass is 9.43. The molecule has 1 unspecified atom stereocenters. The Morgan fingerprint density at radius 1 is 1.11 bits per heavy atom. The van der Waals surface area contributed by atoms with Crippen molar-refractivity contribution in [3.8, 4) is 0 Å². The van der Waals surface area contributed by atoms with Crippen LogP contribution in [0.3, 0.4) is 0 Å². The first-order valence-corrected chi connectivity index (χ1v) is 8.22. The number of rotatable bonds is 4. The zero-order valence-electron chi connectivity index (χ0n) is 13.0. The van der Waals surface area contributed by atoms with Crippen molar-refractivity contribution in [1.29, 1.82) is 0 Å². The van der Waals surface area contributed by atoms with E-state index in [1.165, 1.54) is 32.1 Å². The molecule has 4 fully saturated rings. The van der Waals surface area contributed by atoms with Crippen molar-refractivity contribution in [2.24, 2.45) is 34.5 Å². The van der Waals surface area contributed by atoms with Crippen molar-refractivity contribution in [1.82, 2.24) is 0 Å². The lowest BCUT2D eigenvalue weighted by Gasteiger charge is -2.63. The normalized spacial score (nSPS) is 46.6. The quantitative estimate of drug-likeness (QED) is 0.588. The van der Waals surface area contributed by atoms with Gasteiger partial charge in [-0.1, -0.05) is 27.7 Å². The second-order valence-corrected chi connectivity index (χ2v) is 8.50. The predicted octanol–water partition coefficient (Wildman–Crippen LogP) is 4.74. The molecule has 4 aliphatic carbocycles. The summed E-state index contributed by atoms with van der Waals surface area (Å²) in [6.45, 7) is 9.14. The third-order valence-corrected chi connectivity index (χ3v) is 7.19. The van der Waals surface area contributed by atoms with Crippen molar-refractivity contribution in [2.75, 3.05) is 0 Å². The molecule has 0 aromatic carbocycles. The van der Waals surface area contributed by atoms with Gasteiger partial charge in [0.15, 0.2) is 0 Å². The van der Waals surface area contributed by atoms with Crippen LogP contribution in [-0.2, 0) is 4.89 Å². The van der Waals surface area contributed by atoms with Gasteiger partial charge in [-0.25, -0.2) is 4.89 Å². The van der Waals surface area contributed by atoms with E-state index in [2.05, 4.69) is 27.7 Å². The van der Waals surface area contributed by atoms with E-state index >= 15 is 0 Å². The summed E-state index contributed by atoms with van der Waals surface area (Å²) >= 11 is 0. The predicted molar refractivity (Wildman–Crippen MR) is 76.7 cm³/mol. The maximum absolute atomic E-state index is 9.64. The Labute approximate surface area is 117 Å². The van der Waals surface area contributed by atoms with Gasteiger partial charge < -0.3 is 0 Å². The molecule has 2 nitrogen and oxygen atoms in total. The zero-order chi connectivity index (χ0) is 13.8. The van der Waals surface area contributed by atoms with E-state index in [0.717, 1.165) is 30.1 Å². The fourth-order valence-electron chi connectivity index (χ4n) is 5.91. The van der Waals surface area contributed by atoms with E-state index < -0.39 is 0 Å². The number of hydrogen-bond donors (Lipinski definition) is 1. The number of hydrogen-bond acceptors (Lipinski definition) is 2. The molecule has 0 heterocycles. The molecule has 4 saturated carbocycles. The van der Waals surface area contributed by atoms with Gasteiger partial charge in [-0.05, 0) is 67.6 Å². The van der Waals surface area contributed by atoms with E-state index in [9.17, 15) is 5.26 Å². The van der Waals surface area contributed by atoms with Gasteiger partial charge in [0.05, 0.1) is 0 Å². The fraction of sp³-hybridized carbons (Fsp3) is 1.00. The van der Waals surface area contributed by atoms with Crippen LogP contribution in [0.2, 0.25) is 0 Å². The molecule has 4 aliphatic rings. The molecule has 4 bridgehead atoms. The van der Waals surface area contributed by atoms with Gasteiger partial charge in [0, 0.05) is 5.41 Å². The van der Waals surface area contributed by atoms with Crippen LogP contribution in [0.15, 0.2) is 0 Å². The molecule has 19 heavy (non-hydrogen) atoms. The monoisotopic (exact) mass is 266 g/mol. The second-order valence-electron chi connectivity index (χ2n) is 8.50. The molecule has 2 heteroatoms. The second kappa shape index (κ2) is 4.46. The molecule has 0 spiro atoms. The maximum Gasteiger partial charge on any atom is 0.104 e. The average Bonchev–Trinajstić information content (AvgIpc) is 2.36. The van der Waals surface area contributed by atoms with E-state index in [1.54, 1.807) is 0 Å². The van der Waals surface area contributed by atoms with Gasteiger partial charge >= 0.3 is 0 Å². The van der Waals surface area contributed by atoms with Crippen LogP contribution >= 0.6 is 0 Å². The van der Waals surface area contributed by atoms with Crippen molar-refractivity contribution in [3.05, 3.63) is 0 Å². The summed E-state index contributed by atoms with van der Waals surface area (Å²) in [7, 11) is 0. The van der Waals surface area contributed by atoms with Crippen molar-refractivity contribution < 1.29 is 10.1 Å². The highest BCUT2D eigenvalue weighted by atomic mass is 17.1. The minimum atomic E-state index is -0.0139. The Morgan fingerprint density at radius 2 is 1.58 bits per heavy atom. The summed E-state index contributed by atoms with van der Waals surface area (Å²) in [5, 5.41) is 9.64. The molecule has 110 valence electrons. The summed E-state index contributed by atoms with van der Waals surface area (Å²) < 4.78 is 0. The van der Waals surface area contributed by atoms with Crippen LogP contribution < -0.4 is 0 Å². The highest BCUT2D eigenvalue weighted by Gasteiger charge is 2.60. The average molecular weight is 266 g/mol. The lowest BCUT2D eigenvalue weighted by molar-refractivity contribution is -0.351. The highest BCUT2D eigenvalue weighted by Crippen LogP contribution is 2.65. The van der Waals surface area contributed by atoms with Gasteiger partial charge in [0.1, 0.15) is 6.10 Å². The molecule has 0 radical (unpaired) electrons. The first kappa shape index (κ1) is 13.9. The van der Waals surface area contributed by atoms with Crippen molar-refractivity contribution >= 4 is 0 Å². The molecule has 1 atom stereocenters. The molecular formula is C17H30O2. The summed E-state index contributed by atoms with van der Waals surface area (Å²) in [5.74, 6) is 3.48. The molecule has 0 aromatic heterocycles. The summed E-state index contributed by atoms with van der Waals surface area (Å²) in [6, 6.07) is 0. The Morgan fingerprint density at radius 3 is 1.95 bits per heavy atom. The topological polar surface area (TPSA) is 29.5 Å². The van der Waals surface area contributed by atoms with Crippen LogP contribution in [0.25, 0.3) is 0 Å². The van der Waals surface area contributed by atoms with E-state index in [0.29, 0.717) is 0 Å². The summed E-state index contributed by atoms with van der Waals surface area (Å²) in [6.07, 6.45) is 8.03. The molecular weight excluding hydrogens is 236 g/mol. The van der Waals surface area contributed by atoms with Gasteiger partial charge in [-0.3, -0.25) is 5.26 Å². The lowest BCUT2D eigenvalue weighted by Crippen LogP contribution is -2.60. The molecule has 4 rings (SSSR count). The fourth-order valence-corrected chi connectivity index (χ4v) is 5.91. The first-order valence-electron chi connectivity index (χ1n) is 8.22. The molecule has 0 aliphatic heterocycles. The van der Waals surface area contributed by atoms with Gasteiger partial charge in [-0.15, -0.1) is 0 Å². The largest absolute Gasteiger partial charge is 0.251 e. The van der Waals surface area contributed by atoms with Gasteiger partial charge in [0.25, 0.3) is 0 Å². The Kier molecular flexibility index (Phi) is 3.26. The Bertz CT molecular complexity index is 319. The maximum atomic E-state index is 9.64. The Hall–Kier alpha value is -0.0800. The van der Waals surface area contributed by atoms with Crippen molar-refractivity contribution in [3.63, 3.8) is 0 Å². The third kappa shape index (κ3) is 1.90. The standard InChI is InChI=1S/C17H30O2/c1-5-16(2,3)15(19-18)17(4)13-7-11-6-12(9-13)10-14(17)8-11/h11-15,18H,5-10H2,1-4H3. The van der Waals surface area contributed by atoms with Crippen molar-refractivity contribution in [2.45, 2.75) is 72.3 Å². The smallest absolute Gasteiger partial charge is 0.104 e. The van der Waals surface area contributed by atoms with E-state index in [1.807, 2.05) is 0 Å². The molecule has 1 N–H and O–H groups in total. The summed E-state index contributed by atoms with van der Waals surface area (Å²) in [4.78, 5) is 5.13. The van der Waals surface area contributed by atoms with Crippen LogP contribution in [0.5, 0.6) is 0 Å². The minimum absolute atomic E-state index is 0.0139. The van der Waals surface area contributed by atoms with Crippen LogP contribution in [-0.4, -0.2) is 11.4 Å². The third-order valence-electron chi connectivity index (χ3n) is 7.19. The SMILES string of the molecule is CCC(C)(C)C(OO)C1(C)C2CC3CC(C2)CC1C3. The van der Waals surface area contributed by atoms with E-state index in [4.69, 9.17) is 4.89 Å². The van der Waals surface area contributed by atoms with Crippen LogP contribution in [0, 0.1) is 34.5 Å². The van der Waals surface area contributed by atoms with Gasteiger partial charge in [-0.2, -0.15) is 0 Å².